The number of hydrogen-bond donors (Lipinski definition) is 0. The van der Waals surface area contributed by atoms with E-state index in [1.54, 1.807) is 5.56 Å². The molecule has 0 aliphatic carbocycles. The van der Waals surface area contributed by atoms with Crippen LogP contribution in [0.15, 0.2) is 48.5 Å². The van der Waals surface area contributed by atoms with Gasteiger partial charge < -0.3 is 0 Å². The zero-order valence-corrected chi connectivity index (χ0v) is 12.9. The lowest BCUT2D eigenvalue weighted by molar-refractivity contribution is 0.245. The second-order valence-electron chi connectivity index (χ2n) is 5.16. The third kappa shape index (κ3) is 3.49. The maximum Gasteiger partial charge on any atom is 0.0240 e. The molecule has 3 rings (SSSR count). The maximum absolute atomic E-state index is 2.54. The molecule has 0 amide bonds. The second-order valence-corrected chi connectivity index (χ2v) is 5.16. The third-order valence-electron chi connectivity index (χ3n) is 3.83. The van der Waals surface area contributed by atoms with Crippen molar-refractivity contribution in [1.82, 2.24) is 4.90 Å². The molecule has 1 aliphatic rings. The second kappa shape index (κ2) is 7.25. The van der Waals surface area contributed by atoms with Crippen molar-refractivity contribution in [3.05, 3.63) is 70.8 Å². The van der Waals surface area contributed by atoms with Crippen LogP contribution in [0.2, 0.25) is 0 Å². The fraction of sp³-hybridized carbons (Fsp3) is 0.368. The maximum atomic E-state index is 2.54. The zero-order chi connectivity index (χ0) is 14.4. The number of benzene rings is 2. The molecule has 0 atom stereocenters. The van der Waals surface area contributed by atoms with Crippen molar-refractivity contribution >= 4 is 0 Å². The summed E-state index contributed by atoms with van der Waals surface area (Å²) in [6.45, 7) is 9.55. The Bertz CT molecular complexity index is 531. The van der Waals surface area contributed by atoms with Crippen molar-refractivity contribution in [3.63, 3.8) is 0 Å². The van der Waals surface area contributed by atoms with Crippen LogP contribution in [0.4, 0.5) is 0 Å². The van der Waals surface area contributed by atoms with Gasteiger partial charge in [0.25, 0.3) is 0 Å². The normalized spacial score (nSPS) is 14.2. The van der Waals surface area contributed by atoms with Crippen LogP contribution in [0.5, 0.6) is 0 Å². The van der Waals surface area contributed by atoms with E-state index in [-0.39, 0.29) is 0 Å². The van der Waals surface area contributed by atoms with E-state index < -0.39 is 0 Å². The smallest absolute Gasteiger partial charge is 0.0240 e. The van der Waals surface area contributed by atoms with Gasteiger partial charge in [0.15, 0.2) is 0 Å². The van der Waals surface area contributed by atoms with Crippen LogP contribution in [0.1, 0.15) is 36.1 Å². The summed E-state index contributed by atoms with van der Waals surface area (Å²) in [5.74, 6) is 0. The molecule has 0 aromatic heterocycles. The van der Waals surface area contributed by atoms with Gasteiger partial charge >= 0.3 is 0 Å². The van der Waals surface area contributed by atoms with Gasteiger partial charge in [-0.05, 0) is 35.6 Å². The quantitative estimate of drug-likeness (QED) is 0.770. The number of nitrogens with zero attached hydrogens (tertiary/aromatic N) is 1. The van der Waals surface area contributed by atoms with Crippen LogP contribution < -0.4 is 0 Å². The number of rotatable bonds is 2. The fourth-order valence-corrected chi connectivity index (χ4v) is 2.84. The minimum Gasteiger partial charge on any atom is -0.294 e. The van der Waals surface area contributed by atoms with E-state index in [0.717, 1.165) is 13.1 Å². The van der Waals surface area contributed by atoms with Gasteiger partial charge in [0.1, 0.15) is 0 Å². The van der Waals surface area contributed by atoms with Crippen LogP contribution in [-0.4, -0.2) is 11.4 Å². The molecule has 0 unspecified atom stereocenters. The van der Waals surface area contributed by atoms with E-state index >= 15 is 0 Å². The van der Waals surface area contributed by atoms with Gasteiger partial charge in [-0.15, -0.1) is 0 Å². The highest BCUT2D eigenvalue weighted by Crippen LogP contribution is 2.23. The Hall–Kier alpha value is -1.60. The lowest BCUT2D eigenvalue weighted by Gasteiger charge is -2.29. The fourth-order valence-electron chi connectivity index (χ4n) is 2.84. The molecule has 0 saturated carbocycles. The molecule has 0 fully saturated rings. The molecule has 2 aromatic rings. The molecule has 1 nitrogen and oxygen atoms in total. The first-order chi connectivity index (χ1) is 9.83. The Kier molecular flexibility index (Phi) is 5.37. The Morgan fingerprint density at radius 3 is 2.45 bits per heavy atom. The average molecular weight is 267 g/mol. The van der Waals surface area contributed by atoms with Crippen molar-refractivity contribution in [3.8, 4) is 0 Å². The van der Waals surface area contributed by atoms with E-state index in [1.165, 1.54) is 29.7 Å². The van der Waals surface area contributed by atoms with Gasteiger partial charge in [-0.2, -0.15) is 0 Å². The van der Waals surface area contributed by atoms with Gasteiger partial charge in [-0.25, -0.2) is 0 Å². The lowest BCUT2D eigenvalue weighted by Crippen LogP contribution is -2.30. The first kappa shape index (κ1) is 14.8. The number of hydrogen-bond acceptors (Lipinski definition) is 1. The zero-order valence-electron chi connectivity index (χ0n) is 12.9. The van der Waals surface area contributed by atoms with E-state index in [1.807, 2.05) is 13.8 Å². The molecule has 0 N–H and O–H groups in total. The Morgan fingerprint density at radius 1 is 0.950 bits per heavy atom. The highest BCUT2D eigenvalue weighted by molar-refractivity contribution is 5.36. The van der Waals surface area contributed by atoms with E-state index in [4.69, 9.17) is 0 Å². The summed E-state index contributed by atoms with van der Waals surface area (Å²) in [6, 6.07) is 17.4. The van der Waals surface area contributed by atoms with Crippen LogP contribution in [0.3, 0.4) is 0 Å². The molecule has 1 aliphatic heterocycles. The molecule has 2 aromatic carbocycles. The Labute approximate surface area is 123 Å². The molecule has 0 radical (unpaired) electrons. The van der Waals surface area contributed by atoms with Gasteiger partial charge in [0.2, 0.25) is 0 Å². The summed E-state index contributed by atoms with van der Waals surface area (Å²) in [6.07, 6.45) is 1.19. The SMILES string of the molecule is CC.Cc1cccc2c1CCN(Cc1ccccc1)C2. The molecule has 1 heteroatoms. The summed E-state index contributed by atoms with van der Waals surface area (Å²) in [5.41, 5.74) is 5.94. The minimum atomic E-state index is 1.06. The van der Waals surface area contributed by atoms with Crippen LogP contribution in [0.25, 0.3) is 0 Å². The van der Waals surface area contributed by atoms with Gasteiger partial charge in [0, 0.05) is 19.6 Å². The third-order valence-corrected chi connectivity index (χ3v) is 3.83. The van der Waals surface area contributed by atoms with Crippen LogP contribution >= 0.6 is 0 Å². The topological polar surface area (TPSA) is 3.24 Å². The number of aryl methyl sites for hydroxylation is 1. The monoisotopic (exact) mass is 267 g/mol. The first-order valence-corrected chi connectivity index (χ1v) is 7.66. The Morgan fingerprint density at radius 2 is 1.70 bits per heavy atom. The van der Waals surface area contributed by atoms with Crippen molar-refractivity contribution in [1.29, 1.82) is 0 Å². The van der Waals surface area contributed by atoms with E-state index in [9.17, 15) is 0 Å². The van der Waals surface area contributed by atoms with Crippen molar-refractivity contribution in [2.45, 2.75) is 40.3 Å². The van der Waals surface area contributed by atoms with E-state index in [0.29, 0.717) is 0 Å². The first-order valence-electron chi connectivity index (χ1n) is 7.66. The predicted octanol–water partition coefficient (Wildman–Crippen LogP) is 4.58. The van der Waals surface area contributed by atoms with Crippen LogP contribution in [0, 0.1) is 6.92 Å². The van der Waals surface area contributed by atoms with E-state index in [2.05, 4.69) is 60.4 Å². The molecular formula is C19H25N. The molecule has 1 heterocycles. The lowest BCUT2D eigenvalue weighted by atomic mass is 9.95. The van der Waals surface area contributed by atoms with Gasteiger partial charge in [-0.1, -0.05) is 62.4 Å². The summed E-state index contributed by atoms with van der Waals surface area (Å²) in [7, 11) is 0. The minimum absolute atomic E-state index is 1.06. The molecule has 0 bridgehead atoms. The summed E-state index contributed by atoms with van der Waals surface area (Å²) in [5, 5.41) is 0. The Balaban J connectivity index is 0.000000704. The van der Waals surface area contributed by atoms with Gasteiger partial charge in [0.05, 0.1) is 0 Å². The average Bonchev–Trinajstić information content (AvgIpc) is 2.50. The molecule has 0 spiro atoms. The molecule has 20 heavy (non-hydrogen) atoms. The number of fused-ring (bicyclic) bond motifs is 1. The molecule has 0 saturated heterocycles. The van der Waals surface area contributed by atoms with Crippen molar-refractivity contribution in [2.75, 3.05) is 6.54 Å². The summed E-state index contributed by atoms with van der Waals surface area (Å²) in [4.78, 5) is 2.54. The molecular weight excluding hydrogens is 242 g/mol. The van der Waals surface area contributed by atoms with Gasteiger partial charge in [-0.3, -0.25) is 4.90 Å². The highest BCUT2D eigenvalue weighted by Gasteiger charge is 2.17. The van der Waals surface area contributed by atoms with Crippen molar-refractivity contribution in [2.24, 2.45) is 0 Å². The largest absolute Gasteiger partial charge is 0.294 e. The highest BCUT2D eigenvalue weighted by atomic mass is 15.1. The van der Waals surface area contributed by atoms with Crippen LogP contribution in [-0.2, 0) is 19.5 Å². The standard InChI is InChI=1S/C17H19N.C2H6/c1-14-6-5-9-16-13-18(11-10-17(14)16)12-15-7-3-2-4-8-15;1-2/h2-9H,10-13H2,1H3;1-2H3. The molecule has 106 valence electrons. The summed E-state index contributed by atoms with van der Waals surface area (Å²) >= 11 is 0. The van der Waals surface area contributed by atoms with Crippen molar-refractivity contribution < 1.29 is 0 Å². The summed E-state index contributed by atoms with van der Waals surface area (Å²) < 4.78 is 0. The predicted molar refractivity (Wildman–Crippen MR) is 86.8 cm³/mol.